The van der Waals surface area contributed by atoms with Gasteiger partial charge in [-0.2, -0.15) is 0 Å². The number of rotatable bonds is 7. The molecule has 0 fully saturated rings. The Kier molecular flexibility index (Phi) is 6.49. The molecule has 0 aliphatic rings. The molecule has 0 aromatic rings. The van der Waals surface area contributed by atoms with Crippen molar-refractivity contribution >= 4 is 5.97 Å². The zero-order valence-corrected chi connectivity index (χ0v) is 9.58. The van der Waals surface area contributed by atoms with E-state index in [4.69, 9.17) is 5.11 Å². The number of nitrogens with zero attached hydrogens (tertiary/aromatic N) is 1. The molecule has 0 heterocycles. The topological polar surface area (TPSA) is 52.6 Å². The van der Waals surface area contributed by atoms with E-state index in [1.54, 1.807) is 0 Å². The molecule has 1 atom stereocenters. The lowest BCUT2D eigenvalue weighted by Gasteiger charge is -2.25. The van der Waals surface area contributed by atoms with Crippen LogP contribution in [0.3, 0.4) is 0 Å². The number of carbonyl (C=O) groups is 1. The normalized spacial score (nSPS) is 13.6. The lowest BCUT2D eigenvalue weighted by Crippen LogP contribution is -2.47. The fourth-order valence-electron chi connectivity index (χ4n) is 1.05. The summed E-state index contributed by atoms with van der Waals surface area (Å²) in [6.07, 6.45) is 0.954. The Balaban J connectivity index is 4.02. The van der Waals surface area contributed by atoms with E-state index in [0.29, 0.717) is 12.6 Å². The lowest BCUT2D eigenvalue weighted by atomic mass is 10.2. The van der Waals surface area contributed by atoms with Crippen molar-refractivity contribution in [1.29, 1.82) is 0 Å². The van der Waals surface area contributed by atoms with Gasteiger partial charge in [0, 0.05) is 12.6 Å². The van der Waals surface area contributed by atoms with Gasteiger partial charge in [-0.1, -0.05) is 6.92 Å². The minimum atomic E-state index is -0.772. The van der Waals surface area contributed by atoms with Crippen molar-refractivity contribution in [3.05, 3.63) is 0 Å². The van der Waals surface area contributed by atoms with Crippen molar-refractivity contribution in [2.45, 2.75) is 39.3 Å². The molecule has 0 radical (unpaired) electrons. The molecule has 0 bridgehead atoms. The first-order chi connectivity index (χ1) is 6.49. The summed E-state index contributed by atoms with van der Waals surface area (Å²) in [5.41, 5.74) is 0. The molecular weight excluding hydrogens is 180 g/mol. The minimum absolute atomic E-state index is 0.375. The van der Waals surface area contributed by atoms with Gasteiger partial charge in [-0.25, -0.2) is 0 Å². The number of hydrogen-bond acceptors (Lipinski definition) is 3. The summed E-state index contributed by atoms with van der Waals surface area (Å²) in [7, 11) is 1.94. The maximum atomic E-state index is 10.9. The highest BCUT2D eigenvalue weighted by atomic mass is 16.4. The highest BCUT2D eigenvalue weighted by molar-refractivity contribution is 5.73. The van der Waals surface area contributed by atoms with E-state index in [0.717, 1.165) is 13.0 Å². The molecule has 14 heavy (non-hydrogen) atoms. The molecule has 84 valence electrons. The molecule has 0 aromatic carbocycles. The van der Waals surface area contributed by atoms with E-state index in [1.165, 1.54) is 0 Å². The van der Waals surface area contributed by atoms with Crippen molar-refractivity contribution in [1.82, 2.24) is 10.2 Å². The zero-order chi connectivity index (χ0) is 11.1. The van der Waals surface area contributed by atoms with E-state index in [-0.39, 0.29) is 0 Å². The van der Waals surface area contributed by atoms with Crippen LogP contribution in [-0.2, 0) is 4.79 Å². The fourth-order valence-corrected chi connectivity index (χ4v) is 1.05. The van der Waals surface area contributed by atoms with Crippen molar-refractivity contribution in [3.63, 3.8) is 0 Å². The third-order valence-electron chi connectivity index (χ3n) is 2.29. The van der Waals surface area contributed by atoms with Gasteiger partial charge in [0.25, 0.3) is 0 Å². The Hall–Kier alpha value is -0.610. The van der Waals surface area contributed by atoms with Gasteiger partial charge in [0.2, 0.25) is 0 Å². The van der Waals surface area contributed by atoms with Crippen LogP contribution in [0.5, 0.6) is 0 Å². The molecule has 0 amide bonds. The molecule has 1 unspecified atom stereocenters. The van der Waals surface area contributed by atoms with Gasteiger partial charge in [-0.3, -0.25) is 4.79 Å². The fraction of sp³-hybridized carbons (Fsp3) is 0.900. The van der Waals surface area contributed by atoms with Crippen molar-refractivity contribution in [3.8, 4) is 0 Å². The monoisotopic (exact) mass is 202 g/mol. The Morgan fingerprint density at radius 2 is 2.07 bits per heavy atom. The number of carboxylic acid groups (broad SMARTS) is 1. The van der Waals surface area contributed by atoms with Crippen LogP contribution >= 0.6 is 0 Å². The maximum Gasteiger partial charge on any atom is 0.322 e. The number of aliphatic carboxylic acids is 1. The van der Waals surface area contributed by atoms with Crippen LogP contribution in [0.1, 0.15) is 27.2 Å². The predicted octanol–water partition coefficient (Wildman–Crippen LogP) is 0.779. The molecule has 0 saturated heterocycles. The quantitative estimate of drug-likeness (QED) is 0.640. The predicted molar refractivity (Wildman–Crippen MR) is 57.5 cm³/mol. The molecule has 0 aromatic heterocycles. The number of nitrogens with one attached hydrogen (secondary N) is 1. The van der Waals surface area contributed by atoms with Gasteiger partial charge in [0.15, 0.2) is 0 Å². The van der Waals surface area contributed by atoms with E-state index >= 15 is 0 Å². The molecule has 0 spiro atoms. The summed E-state index contributed by atoms with van der Waals surface area (Å²) >= 11 is 0. The molecule has 0 aliphatic carbocycles. The Morgan fingerprint density at radius 1 is 1.50 bits per heavy atom. The standard InChI is InChI=1S/C10H22N2O2/c1-5-6-11-9(10(13)14)7-12(4)8(2)3/h8-9,11H,5-7H2,1-4H3,(H,13,14). The van der Waals surface area contributed by atoms with Crippen molar-refractivity contribution in [2.75, 3.05) is 20.1 Å². The average molecular weight is 202 g/mol. The van der Waals surface area contributed by atoms with Crippen LogP contribution in [0.2, 0.25) is 0 Å². The first-order valence-corrected chi connectivity index (χ1v) is 5.15. The molecule has 2 N–H and O–H groups in total. The summed E-state index contributed by atoms with van der Waals surface area (Å²) < 4.78 is 0. The summed E-state index contributed by atoms with van der Waals surface area (Å²) in [5.74, 6) is -0.772. The Morgan fingerprint density at radius 3 is 2.43 bits per heavy atom. The summed E-state index contributed by atoms with van der Waals surface area (Å²) in [5, 5.41) is 12.0. The summed E-state index contributed by atoms with van der Waals surface area (Å²) in [4.78, 5) is 12.9. The molecule has 4 heteroatoms. The first-order valence-electron chi connectivity index (χ1n) is 5.15. The van der Waals surface area contributed by atoms with E-state index in [9.17, 15) is 4.79 Å². The molecule has 0 rings (SSSR count). The number of hydrogen-bond donors (Lipinski definition) is 2. The second-order valence-corrected chi connectivity index (χ2v) is 3.88. The van der Waals surface area contributed by atoms with Crippen molar-refractivity contribution < 1.29 is 9.90 Å². The van der Waals surface area contributed by atoms with Gasteiger partial charge in [-0.05, 0) is 33.9 Å². The van der Waals surface area contributed by atoms with Gasteiger partial charge >= 0.3 is 5.97 Å². The van der Waals surface area contributed by atoms with E-state index in [1.807, 2.05) is 18.9 Å². The number of carboxylic acids is 1. The van der Waals surface area contributed by atoms with Crippen LogP contribution in [0.4, 0.5) is 0 Å². The van der Waals surface area contributed by atoms with Crippen molar-refractivity contribution in [2.24, 2.45) is 0 Å². The van der Waals surface area contributed by atoms with Crippen LogP contribution in [0, 0.1) is 0 Å². The molecule has 0 saturated carbocycles. The number of likely N-dealkylation sites (N-methyl/N-ethyl adjacent to an activating group) is 1. The molecule has 0 aliphatic heterocycles. The van der Waals surface area contributed by atoms with Gasteiger partial charge in [-0.15, -0.1) is 0 Å². The Labute approximate surface area is 86.3 Å². The summed E-state index contributed by atoms with van der Waals surface area (Å²) in [6.45, 7) is 7.44. The van der Waals surface area contributed by atoms with Crippen LogP contribution in [0.15, 0.2) is 0 Å². The zero-order valence-electron chi connectivity index (χ0n) is 9.58. The van der Waals surface area contributed by atoms with Gasteiger partial charge in [0.05, 0.1) is 0 Å². The first kappa shape index (κ1) is 13.4. The Bertz CT molecular complexity index is 172. The third kappa shape index (κ3) is 5.19. The smallest absolute Gasteiger partial charge is 0.322 e. The third-order valence-corrected chi connectivity index (χ3v) is 2.29. The largest absolute Gasteiger partial charge is 0.480 e. The molecular formula is C10H22N2O2. The van der Waals surface area contributed by atoms with Gasteiger partial charge in [0.1, 0.15) is 6.04 Å². The highest BCUT2D eigenvalue weighted by Gasteiger charge is 2.19. The molecule has 4 nitrogen and oxygen atoms in total. The highest BCUT2D eigenvalue weighted by Crippen LogP contribution is 1.96. The van der Waals surface area contributed by atoms with E-state index < -0.39 is 12.0 Å². The maximum absolute atomic E-state index is 10.9. The lowest BCUT2D eigenvalue weighted by molar-refractivity contribution is -0.140. The van der Waals surface area contributed by atoms with Crippen LogP contribution < -0.4 is 5.32 Å². The van der Waals surface area contributed by atoms with Crippen LogP contribution in [-0.4, -0.2) is 48.2 Å². The minimum Gasteiger partial charge on any atom is -0.480 e. The average Bonchev–Trinajstić information content (AvgIpc) is 2.10. The van der Waals surface area contributed by atoms with Gasteiger partial charge < -0.3 is 15.3 Å². The SMILES string of the molecule is CCCNC(CN(C)C(C)C)C(=O)O. The second-order valence-electron chi connectivity index (χ2n) is 3.88. The second kappa shape index (κ2) is 6.79. The summed E-state index contributed by atoms with van der Waals surface area (Å²) in [6, 6.07) is -0.0809. The van der Waals surface area contributed by atoms with E-state index in [2.05, 4.69) is 19.2 Å². The van der Waals surface area contributed by atoms with Crippen LogP contribution in [0.25, 0.3) is 0 Å².